The van der Waals surface area contributed by atoms with E-state index in [4.69, 9.17) is 10.8 Å². The number of nitrogen functional groups attached to an aromatic ring is 1. The lowest BCUT2D eigenvalue weighted by molar-refractivity contribution is -0.135. The summed E-state index contributed by atoms with van der Waals surface area (Å²) in [5.41, 5.74) is 9.18. The Bertz CT molecular complexity index is 453. The molecule has 1 rings (SSSR count). The first-order chi connectivity index (χ1) is 7.00. The Kier molecular flexibility index (Phi) is 3.35. The van der Waals surface area contributed by atoms with Crippen LogP contribution in [0.1, 0.15) is 23.1 Å². The maximum Gasteiger partial charge on any atom is 0.315 e. The highest BCUT2D eigenvalue weighted by Gasteiger charge is 2.00. The normalized spacial score (nSPS) is 9.20. The van der Waals surface area contributed by atoms with Gasteiger partial charge in [-0.15, -0.1) is 0 Å². The number of benzene rings is 1. The van der Waals surface area contributed by atoms with E-state index in [1.54, 1.807) is 0 Å². The predicted octanol–water partition coefficient (Wildman–Crippen LogP) is 1.71. The summed E-state index contributed by atoms with van der Waals surface area (Å²) in [6.45, 7) is 3.86. The fourth-order valence-electron chi connectivity index (χ4n) is 1.30. The van der Waals surface area contributed by atoms with Gasteiger partial charge in [-0.1, -0.05) is 17.9 Å². The maximum atomic E-state index is 10.3. The minimum absolute atomic E-state index is 0.160. The van der Waals surface area contributed by atoms with Crippen molar-refractivity contribution in [1.82, 2.24) is 0 Å². The molecule has 0 heterocycles. The van der Waals surface area contributed by atoms with Crippen LogP contribution in [0.15, 0.2) is 12.1 Å². The van der Waals surface area contributed by atoms with Crippen LogP contribution < -0.4 is 5.73 Å². The molecule has 78 valence electrons. The lowest BCUT2D eigenvalue weighted by Gasteiger charge is -2.04. The molecular weight excluding hydrogens is 190 g/mol. The van der Waals surface area contributed by atoms with E-state index < -0.39 is 5.97 Å². The summed E-state index contributed by atoms with van der Waals surface area (Å²) < 4.78 is 0. The summed E-state index contributed by atoms with van der Waals surface area (Å²) in [6.07, 6.45) is -0.160. The SMILES string of the molecule is Cc1cc(C)c(N)c(C#CCC(=O)O)c1. The smallest absolute Gasteiger partial charge is 0.315 e. The highest BCUT2D eigenvalue weighted by atomic mass is 16.4. The van der Waals surface area contributed by atoms with Crippen molar-refractivity contribution in [3.8, 4) is 11.8 Å². The summed E-state index contributed by atoms with van der Waals surface area (Å²) >= 11 is 0. The van der Waals surface area contributed by atoms with Crippen molar-refractivity contribution in [2.45, 2.75) is 20.3 Å². The molecular formula is C12H13NO2. The van der Waals surface area contributed by atoms with E-state index in [0.717, 1.165) is 11.1 Å². The van der Waals surface area contributed by atoms with Gasteiger partial charge in [0.05, 0.1) is 5.69 Å². The lowest BCUT2D eigenvalue weighted by atomic mass is 10.0. The van der Waals surface area contributed by atoms with E-state index in [2.05, 4.69) is 11.8 Å². The number of rotatable bonds is 1. The first-order valence-corrected chi connectivity index (χ1v) is 4.58. The second kappa shape index (κ2) is 4.52. The molecule has 0 radical (unpaired) electrons. The number of carbonyl (C=O) groups is 1. The van der Waals surface area contributed by atoms with E-state index >= 15 is 0 Å². The lowest BCUT2D eigenvalue weighted by Crippen LogP contribution is -1.95. The zero-order valence-electron chi connectivity index (χ0n) is 8.79. The molecule has 0 atom stereocenters. The second-order valence-corrected chi connectivity index (χ2v) is 3.42. The topological polar surface area (TPSA) is 63.3 Å². The predicted molar refractivity (Wildman–Crippen MR) is 59.5 cm³/mol. The molecule has 0 aliphatic heterocycles. The van der Waals surface area contributed by atoms with Gasteiger partial charge in [0.25, 0.3) is 0 Å². The maximum absolute atomic E-state index is 10.3. The Labute approximate surface area is 88.9 Å². The number of carboxylic acid groups (broad SMARTS) is 1. The van der Waals surface area contributed by atoms with Gasteiger partial charge in [-0.3, -0.25) is 4.79 Å². The molecule has 0 amide bonds. The number of aliphatic carboxylic acids is 1. The van der Waals surface area contributed by atoms with Crippen molar-refractivity contribution in [3.05, 3.63) is 28.8 Å². The number of anilines is 1. The molecule has 1 aromatic rings. The average Bonchev–Trinajstić information content (AvgIpc) is 2.12. The summed E-state index contributed by atoms with van der Waals surface area (Å²) in [5.74, 6) is 4.41. The number of carboxylic acids is 1. The van der Waals surface area contributed by atoms with Crippen molar-refractivity contribution >= 4 is 11.7 Å². The van der Waals surface area contributed by atoms with Gasteiger partial charge in [-0.25, -0.2) is 0 Å². The Morgan fingerprint density at radius 1 is 1.47 bits per heavy atom. The van der Waals surface area contributed by atoms with Crippen LogP contribution in [-0.4, -0.2) is 11.1 Å². The van der Waals surface area contributed by atoms with Gasteiger partial charge in [-0.2, -0.15) is 0 Å². The molecule has 0 spiro atoms. The summed E-state index contributed by atoms with van der Waals surface area (Å²) in [7, 11) is 0. The fraction of sp³-hybridized carbons (Fsp3) is 0.250. The minimum atomic E-state index is -0.926. The Hall–Kier alpha value is -1.95. The van der Waals surface area contributed by atoms with Gasteiger partial charge in [-0.05, 0) is 31.0 Å². The molecule has 3 nitrogen and oxygen atoms in total. The number of nitrogens with two attached hydrogens (primary N) is 1. The molecule has 3 heteroatoms. The largest absolute Gasteiger partial charge is 0.481 e. The molecule has 0 aromatic heterocycles. The van der Waals surface area contributed by atoms with Gasteiger partial charge >= 0.3 is 5.97 Å². The summed E-state index contributed by atoms with van der Waals surface area (Å²) in [5, 5.41) is 8.44. The third-order valence-electron chi connectivity index (χ3n) is 1.99. The molecule has 1 aromatic carbocycles. The van der Waals surface area contributed by atoms with Gasteiger partial charge in [0.1, 0.15) is 6.42 Å². The van der Waals surface area contributed by atoms with Gasteiger partial charge in [0.2, 0.25) is 0 Å². The summed E-state index contributed by atoms with van der Waals surface area (Å²) in [6, 6.07) is 3.83. The van der Waals surface area contributed by atoms with Crippen molar-refractivity contribution in [3.63, 3.8) is 0 Å². The monoisotopic (exact) mass is 203 g/mol. The van der Waals surface area contributed by atoms with Crippen LogP contribution in [0.5, 0.6) is 0 Å². The number of aryl methyl sites for hydroxylation is 2. The van der Waals surface area contributed by atoms with E-state index in [1.165, 1.54) is 0 Å². The van der Waals surface area contributed by atoms with Crippen molar-refractivity contribution < 1.29 is 9.90 Å². The van der Waals surface area contributed by atoms with Gasteiger partial charge in [0, 0.05) is 5.56 Å². The quantitative estimate of drug-likeness (QED) is 0.539. The second-order valence-electron chi connectivity index (χ2n) is 3.42. The highest BCUT2D eigenvalue weighted by molar-refractivity contribution is 5.71. The van der Waals surface area contributed by atoms with Crippen molar-refractivity contribution in [2.75, 3.05) is 5.73 Å². The standard InChI is InChI=1S/C12H13NO2/c1-8-6-9(2)12(13)10(7-8)4-3-5-11(14)15/h6-7H,5,13H2,1-2H3,(H,14,15). The molecule has 0 bridgehead atoms. The van der Waals surface area contributed by atoms with E-state index in [9.17, 15) is 4.79 Å². The first-order valence-electron chi connectivity index (χ1n) is 4.58. The van der Waals surface area contributed by atoms with Crippen molar-refractivity contribution in [1.29, 1.82) is 0 Å². The Balaban J connectivity index is 3.02. The molecule has 0 unspecified atom stereocenters. The van der Waals surface area contributed by atoms with Crippen LogP contribution in [0.3, 0.4) is 0 Å². The van der Waals surface area contributed by atoms with Crippen LogP contribution in [-0.2, 0) is 4.79 Å². The summed E-state index contributed by atoms with van der Waals surface area (Å²) in [4.78, 5) is 10.3. The van der Waals surface area contributed by atoms with Crippen LogP contribution in [0.25, 0.3) is 0 Å². The van der Waals surface area contributed by atoms with Crippen molar-refractivity contribution in [2.24, 2.45) is 0 Å². The molecule has 0 saturated carbocycles. The van der Waals surface area contributed by atoms with E-state index in [-0.39, 0.29) is 6.42 Å². The average molecular weight is 203 g/mol. The molecule has 15 heavy (non-hydrogen) atoms. The molecule has 0 aliphatic carbocycles. The number of hydrogen-bond donors (Lipinski definition) is 2. The zero-order valence-corrected chi connectivity index (χ0v) is 8.79. The van der Waals surface area contributed by atoms with Crippen LogP contribution in [0.4, 0.5) is 5.69 Å². The third kappa shape index (κ3) is 3.03. The van der Waals surface area contributed by atoms with Gasteiger partial charge in [0.15, 0.2) is 0 Å². The number of hydrogen-bond acceptors (Lipinski definition) is 2. The van der Waals surface area contributed by atoms with E-state index in [0.29, 0.717) is 11.3 Å². The van der Waals surface area contributed by atoms with Crippen LogP contribution >= 0.6 is 0 Å². The molecule has 0 saturated heterocycles. The molecule has 0 aliphatic rings. The Morgan fingerprint density at radius 2 is 2.13 bits per heavy atom. The molecule has 3 N–H and O–H groups in total. The Morgan fingerprint density at radius 3 is 2.73 bits per heavy atom. The zero-order chi connectivity index (χ0) is 11.4. The highest BCUT2D eigenvalue weighted by Crippen LogP contribution is 2.18. The minimum Gasteiger partial charge on any atom is -0.481 e. The molecule has 0 fully saturated rings. The third-order valence-corrected chi connectivity index (χ3v) is 1.99. The van der Waals surface area contributed by atoms with E-state index in [1.807, 2.05) is 26.0 Å². The van der Waals surface area contributed by atoms with Crippen LogP contribution in [0, 0.1) is 25.7 Å². The van der Waals surface area contributed by atoms with Crippen LogP contribution in [0.2, 0.25) is 0 Å². The fourth-order valence-corrected chi connectivity index (χ4v) is 1.30. The van der Waals surface area contributed by atoms with Gasteiger partial charge < -0.3 is 10.8 Å². The first kappa shape index (κ1) is 11.1.